The summed E-state index contributed by atoms with van der Waals surface area (Å²) in [5.41, 5.74) is 0.870. The Morgan fingerprint density at radius 1 is 1.08 bits per heavy atom. The van der Waals surface area contributed by atoms with Crippen LogP contribution >= 0.6 is 0 Å². The Kier molecular flexibility index (Phi) is 4.55. The molecule has 8 heteroatoms. The number of anilines is 4. The van der Waals surface area contributed by atoms with Crippen LogP contribution in [-0.4, -0.2) is 26.4 Å². The minimum atomic E-state index is 0.142. The van der Waals surface area contributed by atoms with E-state index in [2.05, 4.69) is 31.0 Å². The number of benzene rings is 1. The van der Waals surface area contributed by atoms with Gasteiger partial charge >= 0.3 is 0 Å². The summed E-state index contributed by atoms with van der Waals surface area (Å²) in [6.45, 7) is 5.79. The van der Waals surface area contributed by atoms with Crippen LogP contribution in [-0.2, 0) is 0 Å². The fraction of sp³-hybridized carbons (Fsp3) is 0.250. The summed E-state index contributed by atoms with van der Waals surface area (Å²) in [5, 5.41) is 17.8. The maximum Gasteiger partial charge on any atom is 0.250 e. The van der Waals surface area contributed by atoms with Crippen molar-refractivity contribution in [3.8, 4) is 5.75 Å². The van der Waals surface area contributed by atoms with Crippen LogP contribution in [0.2, 0.25) is 0 Å². The fourth-order valence-corrected chi connectivity index (χ4v) is 1.99. The number of nitrogens with zero attached hydrogens (tertiary/aromatic N) is 4. The van der Waals surface area contributed by atoms with Crippen LogP contribution in [0.15, 0.2) is 41.1 Å². The van der Waals surface area contributed by atoms with Crippen LogP contribution in [0, 0.1) is 6.92 Å². The number of hydrogen-bond donors (Lipinski definition) is 2. The molecular weight excluding hydrogens is 308 g/mol. The summed E-state index contributed by atoms with van der Waals surface area (Å²) in [4.78, 5) is 4.33. The summed E-state index contributed by atoms with van der Waals surface area (Å²) in [6.07, 6.45) is 1.68. The number of ether oxygens (including phenoxy) is 1. The third kappa shape index (κ3) is 4.19. The third-order valence-electron chi connectivity index (χ3n) is 2.93. The van der Waals surface area contributed by atoms with E-state index in [1.54, 1.807) is 6.07 Å². The molecule has 0 radical (unpaired) electrons. The van der Waals surface area contributed by atoms with E-state index >= 15 is 0 Å². The molecule has 2 aromatic heterocycles. The van der Waals surface area contributed by atoms with Gasteiger partial charge in [0.1, 0.15) is 11.5 Å². The van der Waals surface area contributed by atoms with Gasteiger partial charge in [-0.15, -0.1) is 5.10 Å². The molecule has 0 spiro atoms. The smallest absolute Gasteiger partial charge is 0.250 e. The average molecular weight is 326 g/mol. The van der Waals surface area contributed by atoms with E-state index in [-0.39, 0.29) is 6.10 Å². The maximum absolute atomic E-state index is 5.62. The molecule has 1 aromatic carbocycles. The standard InChI is InChI=1S/C16H18N6O2/c1-10(2)23-13-6-4-12(5-7-13)18-15-9-17-21-16(20-15)19-14-8-11(3)24-22-14/h4-10H,1-3H3,(H2,18,19,20,21,22). The molecule has 8 nitrogen and oxygen atoms in total. The first-order valence-electron chi connectivity index (χ1n) is 7.52. The Bertz CT molecular complexity index is 800. The summed E-state index contributed by atoms with van der Waals surface area (Å²) < 4.78 is 10.6. The molecule has 0 aliphatic carbocycles. The van der Waals surface area contributed by atoms with E-state index in [0.29, 0.717) is 23.3 Å². The zero-order chi connectivity index (χ0) is 16.9. The van der Waals surface area contributed by atoms with E-state index in [4.69, 9.17) is 9.26 Å². The molecule has 0 unspecified atom stereocenters. The van der Waals surface area contributed by atoms with Crippen LogP contribution < -0.4 is 15.4 Å². The Labute approximate surface area is 139 Å². The monoisotopic (exact) mass is 326 g/mol. The van der Waals surface area contributed by atoms with Crippen molar-refractivity contribution in [3.63, 3.8) is 0 Å². The van der Waals surface area contributed by atoms with E-state index in [1.807, 2.05) is 45.0 Å². The molecule has 124 valence electrons. The van der Waals surface area contributed by atoms with Crippen molar-refractivity contribution in [2.24, 2.45) is 0 Å². The van der Waals surface area contributed by atoms with Gasteiger partial charge in [0.2, 0.25) is 5.95 Å². The molecule has 0 saturated carbocycles. The van der Waals surface area contributed by atoms with Crippen molar-refractivity contribution in [2.45, 2.75) is 26.9 Å². The van der Waals surface area contributed by atoms with E-state index < -0.39 is 0 Å². The van der Waals surface area contributed by atoms with Crippen molar-refractivity contribution in [2.75, 3.05) is 10.6 Å². The number of aryl methyl sites for hydroxylation is 1. The molecule has 3 rings (SSSR count). The minimum Gasteiger partial charge on any atom is -0.491 e. The van der Waals surface area contributed by atoms with Crippen LogP contribution in [0.1, 0.15) is 19.6 Å². The van der Waals surface area contributed by atoms with Crippen molar-refractivity contribution in [3.05, 3.63) is 42.3 Å². The first-order chi connectivity index (χ1) is 11.6. The lowest BCUT2D eigenvalue weighted by molar-refractivity contribution is 0.242. The molecule has 2 heterocycles. The lowest BCUT2D eigenvalue weighted by atomic mass is 10.3. The predicted molar refractivity (Wildman–Crippen MR) is 89.8 cm³/mol. The second kappa shape index (κ2) is 6.95. The highest BCUT2D eigenvalue weighted by atomic mass is 16.5. The number of nitrogens with one attached hydrogen (secondary N) is 2. The fourth-order valence-electron chi connectivity index (χ4n) is 1.99. The van der Waals surface area contributed by atoms with Crippen LogP contribution in [0.3, 0.4) is 0 Å². The Hall–Kier alpha value is -3.16. The molecule has 0 aliphatic heterocycles. The molecule has 2 N–H and O–H groups in total. The Morgan fingerprint density at radius 3 is 2.54 bits per heavy atom. The van der Waals surface area contributed by atoms with E-state index in [9.17, 15) is 0 Å². The molecule has 24 heavy (non-hydrogen) atoms. The van der Waals surface area contributed by atoms with Crippen LogP contribution in [0.25, 0.3) is 0 Å². The molecule has 0 amide bonds. The minimum absolute atomic E-state index is 0.142. The highest BCUT2D eigenvalue weighted by molar-refractivity contribution is 5.58. The van der Waals surface area contributed by atoms with Crippen LogP contribution in [0.4, 0.5) is 23.3 Å². The van der Waals surface area contributed by atoms with Gasteiger partial charge < -0.3 is 19.9 Å². The van der Waals surface area contributed by atoms with Gasteiger partial charge in [-0.1, -0.05) is 5.16 Å². The molecule has 3 aromatic rings. The van der Waals surface area contributed by atoms with Crippen molar-refractivity contribution < 1.29 is 9.26 Å². The lowest BCUT2D eigenvalue weighted by Crippen LogP contribution is -2.05. The second-order valence-electron chi connectivity index (χ2n) is 5.43. The highest BCUT2D eigenvalue weighted by Crippen LogP contribution is 2.20. The first kappa shape index (κ1) is 15.7. The van der Waals surface area contributed by atoms with Crippen LogP contribution in [0.5, 0.6) is 5.75 Å². The zero-order valence-corrected chi connectivity index (χ0v) is 13.6. The summed E-state index contributed by atoms with van der Waals surface area (Å²) in [6, 6.07) is 9.36. The molecular formula is C16H18N6O2. The van der Waals surface area contributed by atoms with E-state index in [1.165, 1.54) is 6.20 Å². The molecule has 0 atom stereocenters. The van der Waals surface area contributed by atoms with Gasteiger partial charge in [-0.3, -0.25) is 0 Å². The van der Waals surface area contributed by atoms with Crippen molar-refractivity contribution in [1.29, 1.82) is 0 Å². The predicted octanol–water partition coefficient (Wildman–Crippen LogP) is 3.44. The SMILES string of the molecule is Cc1cc(Nc2nncc(Nc3ccc(OC(C)C)cc3)n2)no1. The zero-order valence-electron chi connectivity index (χ0n) is 13.6. The van der Waals surface area contributed by atoms with Gasteiger partial charge in [-0.05, 0) is 45.0 Å². The summed E-state index contributed by atoms with van der Waals surface area (Å²) in [5.74, 6) is 2.93. The highest BCUT2D eigenvalue weighted by Gasteiger charge is 2.05. The quantitative estimate of drug-likeness (QED) is 0.711. The van der Waals surface area contributed by atoms with Gasteiger partial charge in [0, 0.05) is 11.8 Å². The third-order valence-corrected chi connectivity index (χ3v) is 2.93. The van der Waals surface area contributed by atoms with Gasteiger partial charge in [-0.25, -0.2) is 0 Å². The lowest BCUT2D eigenvalue weighted by Gasteiger charge is -2.11. The van der Waals surface area contributed by atoms with E-state index in [0.717, 1.165) is 11.4 Å². The number of aromatic nitrogens is 4. The largest absolute Gasteiger partial charge is 0.491 e. The second-order valence-corrected chi connectivity index (χ2v) is 5.43. The van der Waals surface area contributed by atoms with Gasteiger partial charge in [0.15, 0.2) is 11.6 Å². The topological polar surface area (TPSA) is 98.0 Å². The Morgan fingerprint density at radius 2 is 1.88 bits per heavy atom. The normalized spacial score (nSPS) is 10.7. The van der Waals surface area contributed by atoms with Crippen molar-refractivity contribution >= 4 is 23.3 Å². The maximum atomic E-state index is 5.62. The summed E-state index contributed by atoms with van der Waals surface area (Å²) in [7, 11) is 0. The average Bonchev–Trinajstić information content (AvgIpc) is 2.94. The molecule has 0 saturated heterocycles. The van der Waals surface area contributed by atoms with Gasteiger partial charge in [0.05, 0.1) is 12.3 Å². The van der Waals surface area contributed by atoms with Gasteiger partial charge in [0.25, 0.3) is 0 Å². The Balaban J connectivity index is 1.67. The molecule has 0 aliphatic rings. The number of hydrogen-bond acceptors (Lipinski definition) is 8. The molecule has 0 bridgehead atoms. The summed E-state index contributed by atoms with van der Waals surface area (Å²) >= 11 is 0. The number of rotatable bonds is 6. The van der Waals surface area contributed by atoms with Crippen molar-refractivity contribution in [1.82, 2.24) is 20.3 Å². The molecule has 0 fully saturated rings. The first-order valence-corrected chi connectivity index (χ1v) is 7.52. The van der Waals surface area contributed by atoms with Gasteiger partial charge in [-0.2, -0.15) is 10.1 Å².